The Balaban J connectivity index is 1.41. The number of anilines is 1. The van der Waals surface area contributed by atoms with E-state index in [0.717, 1.165) is 42.8 Å². The highest BCUT2D eigenvalue weighted by Gasteiger charge is 2.27. The lowest BCUT2D eigenvalue weighted by molar-refractivity contribution is -0.131. The van der Waals surface area contributed by atoms with Crippen LogP contribution in [0.25, 0.3) is 0 Å². The Labute approximate surface area is 210 Å². The standard InChI is InChI=1S/C25H31ClN4O3S/c1-33-20-11-12-22(26)23(14-20)30(34-21-7-3-2-4-8-21)17-24(31)29-13-5-6-18(16-29)15-27-25(32)28-19-9-10-19/h2-4,7-8,11-12,14,18-19H,5-6,9-10,13,15-17H2,1H3,(H2,27,28,32). The van der Waals surface area contributed by atoms with Gasteiger partial charge in [0.2, 0.25) is 5.91 Å². The van der Waals surface area contributed by atoms with Crippen LogP contribution < -0.4 is 19.7 Å². The van der Waals surface area contributed by atoms with Crippen molar-refractivity contribution in [1.82, 2.24) is 15.5 Å². The number of ether oxygens (including phenoxy) is 1. The van der Waals surface area contributed by atoms with Crippen LogP contribution in [0.1, 0.15) is 25.7 Å². The molecule has 1 heterocycles. The molecule has 2 fully saturated rings. The molecule has 1 saturated heterocycles. The first kappa shape index (κ1) is 24.5. The maximum absolute atomic E-state index is 13.4. The van der Waals surface area contributed by atoms with E-state index in [0.29, 0.717) is 29.9 Å². The lowest BCUT2D eigenvalue weighted by Crippen LogP contribution is -2.47. The highest BCUT2D eigenvalue weighted by atomic mass is 35.5. The summed E-state index contributed by atoms with van der Waals surface area (Å²) in [6.07, 6.45) is 4.05. The van der Waals surface area contributed by atoms with Crippen LogP contribution in [0, 0.1) is 5.92 Å². The molecule has 2 aromatic rings. The van der Waals surface area contributed by atoms with Crippen molar-refractivity contribution in [3.63, 3.8) is 0 Å². The molecule has 7 nitrogen and oxygen atoms in total. The van der Waals surface area contributed by atoms with Crippen molar-refractivity contribution in [2.24, 2.45) is 5.92 Å². The number of amides is 3. The van der Waals surface area contributed by atoms with Crippen LogP contribution >= 0.6 is 23.5 Å². The van der Waals surface area contributed by atoms with Gasteiger partial charge in [0.05, 0.1) is 17.8 Å². The molecule has 4 rings (SSSR count). The monoisotopic (exact) mass is 502 g/mol. The number of halogens is 1. The van der Waals surface area contributed by atoms with Gasteiger partial charge in [0.15, 0.2) is 0 Å². The Morgan fingerprint density at radius 2 is 1.97 bits per heavy atom. The molecule has 1 atom stereocenters. The van der Waals surface area contributed by atoms with Gasteiger partial charge in [-0.2, -0.15) is 0 Å². The molecule has 0 spiro atoms. The Hall–Kier alpha value is -2.58. The van der Waals surface area contributed by atoms with E-state index in [2.05, 4.69) is 10.6 Å². The number of carbonyl (C=O) groups excluding carboxylic acids is 2. The number of nitrogens with one attached hydrogen (secondary N) is 2. The van der Waals surface area contributed by atoms with Gasteiger partial charge in [-0.15, -0.1) is 0 Å². The van der Waals surface area contributed by atoms with Gasteiger partial charge in [-0.25, -0.2) is 4.79 Å². The summed E-state index contributed by atoms with van der Waals surface area (Å²) in [5.41, 5.74) is 0.732. The summed E-state index contributed by atoms with van der Waals surface area (Å²) >= 11 is 8.01. The number of nitrogens with zero attached hydrogens (tertiary/aromatic N) is 2. The summed E-state index contributed by atoms with van der Waals surface area (Å²) in [6.45, 7) is 2.11. The molecule has 1 saturated carbocycles. The molecule has 0 radical (unpaired) electrons. The predicted octanol–water partition coefficient (Wildman–Crippen LogP) is 4.56. The first-order chi connectivity index (χ1) is 16.5. The molecule has 9 heteroatoms. The normalized spacial score (nSPS) is 17.7. The lowest BCUT2D eigenvalue weighted by Gasteiger charge is -2.34. The van der Waals surface area contributed by atoms with E-state index >= 15 is 0 Å². The zero-order valence-electron chi connectivity index (χ0n) is 19.3. The van der Waals surface area contributed by atoms with Crippen molar-refractivity contribution in [3.8, 4) is 5.75 Å². The molecular weight excluding hydrogens is 472 g/mol. The van der Waals surface area contributed by atoms with Crippen LogP contribution in [0.2, 0.25) is 5.02 Å². The summed E-state index contributed by atoms with van der Waals surface area (Å²) in [7, 11) is 1.61. The van der Waals surface area contributed by atoms with Gasteiger partial charge in [-0.1, -0.05) is 29.8 Å². The molecule has 0 aromatic heterocycles. The van der Waals surface area contributed by atoms with Gasteiger partial charge in [0.25, 0.3) is 0 Å². The largest absolute Gasteiger partial charge is 0.497 e. The maximum Gasteiger partial charge on any atom is 0.315 e. The molecule has 2 aliphatic rings. The number of likely N-dealkylation sites (tertiary alicyclic amines) is 1. The second kappa shape index (κ2) is 11.7. The number of rotatable bonds is 9. The predicted molar refractivity (Wildman–Crippen MR) is 137 cm³/mol. The average Bonchev–Trinajstić information content (AvgIpc) is 3.67. The number of urea groups is 1. The average molecular weight is 503 g/mol. The second-order valence-corrected chi connectivity index (χ2v) is 10.2. The summed E-state index contributed by atoms with van der Waals surface area (Å²) in [4.78, 5) is 28.3. The molecular formula is C25H31ClN4O3S. The summed E-state index contributed by atoms with van der Waals surface area (Å²) < 4.78 is 7.31. The highest BCUT2D eigenvalue weighted by molar-refractivity contribution is 8.00. The minimum atomic E-state index is -0.107. The van der Waals surface area contributed by atoms with Crippen molar-refractivity contribution >= 4 is 41.2 Å². The first-order valence-corrected chi connectivity index (χ1v) is 12.8. The molecule has 0 bridgehead atoms. The van der Waals surface area contributed by atoms with Crippen molar-refractivity contribution in [1.29, 1.82) is 0 Å². The number of carbonyl (C=O) groups is 2. The summed E-state index contributed by atoms with van der Waals surface area (Å²) in [5.74, 6) is 0.965. The molecule has 2 N–H and O–H groups in total. The third kappa shape index (κ3) is 6.96. The molecule has 2 aromatic carbocycles. The van der Waals surface area contributed by atoms with Gasteiger partial charge >= 0.3 is 6.03 Å². The van der Waals surface area contributed by atoms with E-state index in [4.69, 9.17) is 16.3 Å². The SMILES string of the molecule is COc1ccc(Cl)c(N(CC(=O)N2CCCC(CNC(=O)NC3CC3)C2)Sc2ccccc2)c1. The highest BCUT2D eigenvalue weighted by Crippen LogP contribution is 2.36. The van der Waals surface area contributed by atoms with Crippen LogP contribution in [0.15, 0.2) is 53.4 Å². The Bertz CT molecular complexity index is 989. The molecule has 1 aliphatic carbocycles. The summed E-state index contributed by atoms with van der Waals surface area (Å²) in [6, 6.07) is 15.6. The van der Waals surface area contributed by atoms with E-state index in [1.54, 1.807) is 19.2 Å². The van der Waals surface area contributed by atoms with Crippen molar-refractivity contribution in [3.05, 3.63) is 53.6 Å². The van der Waals surface area contributed by atoms with Crippen LogP contribution in [0.4, 0.5) is 10.5 Å². The van der Waals surface area contributed by atoms with E-state index in [9.17, 15) is 9.59 Å². The molecule has 1 aliphatic heterocycles. The smallest absolute Gasteiger partial charge is 0.315 e. The van der Waals surface area contributed by atoms with Crippen LogP contribution in [-0.2, 0) is 4.79 Å². The zero-order valence-corrected chi connectivity index (χ0v) is 20.9. The topological polar surface area (TPSA) is 73.9 Å². The third-order valence-corrected chi connectivity index (χ3v) is 7.34. The fourth-order valence-corrected chi connectivity index (χ4v) is 5.20. The third-order valence-electron chi connectivity index (χ3n) is 6.00. The summed E-state index contributed by atoms with van der Waals surface area (Å²) in [5, 5.41) is 6.47. The van der Waals surface area contributed by atoms with Crippen molar-refractivity contribution in [2.75, 3.05) is 37.6 Å². The minimum Gasteiger partial charge on any atom is -0.497 e. The van der Waals surface area contributed by atoms with Crippen LogP contribution in [-0.4, -0.2) is 56.2 Å². The maximum atomic E-state index is 13.4. The van der Waals surface area contributed by atoms with Gasteiger partial charge in [0, 0.05) is 36.6 Å². The number of hydrogen-bond donors (Lipinski definition) is 2. The second-order valence-electron chi connectivity index (χ2n) is 8.73. The van der Waals surface area contributed by atoms with Crippen LogP contribution in [0.5, 0.6) is 5.75 Å². The number of piperidine rings is 1. The van der Waals surface area contributed by atoms with E-state index < -0.39 is 0 Å². The molecule has 34 heavy (non-hydrogen) atoms. The van der Waals surface area contributed by atoms with Crippen molar-refractivity contribution < 1.29 is 14.3 Å². The van der Waals surface area contributed by atoms with Gasteiger partial charge in [-0.3, -0.25) is 4.79 Å². The first-order valence-electron chi connectivity index (χ1n) is 11.7. The number of methoxy groups -OCH3 is 1. The van der Waals surface area contributed by atoms with E-state index in [1.165, 1.54) is 11.9 Å². The molecule has 1 unspecified atom stereocenters. The number of hydrogen-bond acceptors (Lipinski definition) is 5. The fraction of sp³-hybridized carbons (Fsp3) is 0.440. The molecule has 3 amide bonds. The quantitative estimate of drug-likeness (QED) is 0.492. The van der Waals surface area contributed by atoms with Crippen LogP contribution in [0.3, 0.4) is 0 Å². The van der Waals surface area contributed by atoms with Gasteiger partial charge in [-0.05, 0) is 67.8 Å². The van der Waals surface area contributed by atoms with Gasteiger partial charge in [0.1, 0.15) is 12.3 Å². The minimum absolute atomic E-state index is 0.0365. The van der Waals surface area contributed by atoms with Crippen molar-refractivity contribution in [2.45, 2.75) is 36.6 Å². The fourth-order valence-electron chi connectivity index (χ4n) is 3.97. The molecule has 182 valence electrons. The van der Waals surface area contributed by atoms with E-state index in [-0.39, 0.29) is 24.4 Å². The lowest BCUT2D eigenvalue weighted by atomic mass is 9.98. The number of benzene rings is 2. The Morgan fingerprint density at radius 3 is 2.71 bits per heavy atom. The van der Waals surface area contributed by atoms with E-state index in [1.807, 2.05) is 45.6 Å². The Kier molecular flexibility index (Phi) is 8.45. The van der Waals surface area contributed by atoms with Gasteiger partial charge < -0.3 is 24.6 Å². The zero-order chi connectivity index (χ0) is 23.9. The Morgan fingerprint density at radius 1 is 1.18 bits per heavy atom.